The Bertz CT molecular complexity index is 340. The molecule has 0 aromatic rings. The minimum absolute atomic E-state index is 0.0218. The predicted molar refractivity (Wildman–Crippen MR) is 87.3 cm³/mol. The van der Waals surface area contributed by atoms with Crippen molar-refractivity contribution in [3.63, 3.8) is 0 Å². The van der Waals surface area contributed by atoms with Crippen LogP contribution >= 0.6 is 0 Å². The molecule has 0 aliphatic heterocycles. The highest BCUT2D eigenvalue weighted by Crippen LogP contribution is 2.24. The maximum Gasteiger partial charge on any atom is 0.222 e. The summed E-state index contributed by atoms with van der Waals surface area (Å²) in [5.74, 6) is 0.481. The van der Waals surface area contributed by atoms with E-state index in [9.17, 15) is 9.59 Å². The molecule has 0 unspecified atom stereocenters. The zero-order valence-electron chi connectivity index (χ0n) is 14.5. The highest BCUT2D eigenvalue weighted by Gasteiger charge is 2.24. The van der Waals surface area contributed by atoms with Gasteiger partial charge in [0, 0.05) is 25.0 Å². The van der Waals surface area contributed by atoms with Crippen LogP contribution in [0.1, 0.15) is 46.0 Å². The third-order valence-electron chi connectivity index (χ3n) is 4.09. The Morgan fingerprint density at radius 3 is 2.04 bits per heavy atom. The molecule has 0 aromatic heterocycles. The molecule has 6 heteroatoms. The number of nitrogens with one attached hydrogen (secondary N) is 1. The fraction of sp³-hybridized carbons (Fsp3) is 0.882. The summed E-state index contributed by atoms with van der Waals surface area (Å²) in [4.78, 5) is 23.1. The number of ketones is 1. The summed E-state index contributed by atoms with van der Waals surface area (Å²) in [6.07, 6.45) is 3.92. The van der Waals surface area contributed by atoms with Crippen LogP contribution < -0.4 is 5.32 Å². The van der Waals surface area contributed by atoms with Gasteiger partial charge in [0.2, 0.25) is 5.91 Å². The fourth-order valence-electron chi connectivity index (χ4n) is 2.69. The zero-order valence-corrected chi connectivity index (χ0v) is 14.5. The van der Waals surface area contributed by atoms with Crippen LogP contribution in [-0.2, 0) is 23.8 Å². The quantitative estimate of drug-likeness (QED) is 0.552. The molecule has 1 saturated carbocycles. The molecule has 1 rings (SSSR count). The van der Waals surface area contributed by atoms with Gasteiger partial charge < -0.3 is 19.5 Å². The Kier molecular flexibility index (Phi) is 10.9. The first kappa shape index (κ1) is 20.1. The second kappa shape index (κ2) is 12.4. The molecule has 1 amide bonds. The van der Waals surface area contributed by atoms with Gasteiger partial charge >= 0.3 is 0 Å². The van der Waals surface area contributed by atoms with Crippen molar-refractivity contribution in [3.8, 4) is 0 Å². The van der Waals surface area contributed by atoms with E-state index < -0.39 is 0 Å². The van der Waals surface area contributed by atoms with Crippen LogP contribution in [0.25, 0.3) is 0 Å². The highest BCUT2D eigenvalue weighted by atomic mass is 16.5. The van der Waals surface area contributed by atoms with Gasteiger partial charge in [-0.1, -0.05) is 0 Å². The molecule has 1 aliphatic carbocycles. The number of carbonyl (C=O) groups is 2. The second-order valence-corrected chi connectivity index (χ2v) is 5.90. The highest BCUT2D eigenvalue weighted by molar-refractivity contribution is 5.78. The van der Waals surface area contributed by atoms with Crippen molar-refractivity contribution in [2.24, 2.45) is 5.92 Å². The standard InChI is InChI=1S/C17H31NO5/c1-3-21-10-11-23-13-12-22-9-8-17(20)18-16-6-4-15(5-7-16)14(2)19/h15-16H,3-13H2,1-2H3,(H,18,20). The van der Waals surface area contributed by atoms with Gasteiger partial charge in [-0.2, -0.15) is 0 Å². The van der Waals surface area contributed by atoms with Crippen molar-refractivity contribution in [2.45, 2.75) is 52.0 Å². The first-order chi connectivity index (χ1) is 11.1. The molecule has 0 spiro atoms. The first-order valence-corrected chi connectivity index (χ1v) is 8.66. The van der Waals surface area contributed by atoms with Gasteiger partial charge in [0.15, 0.2) is 0 Å². The molecule has 0 radical (unpaired) electrons. The Morgan fingerprint density at radius 2 is 1.48 bits per heavy atom. The van der Waals surface area contributed by atoms with Crippen molar-refractivity contribution in [3.05, 3.63) is 0 Å². The number of hydrogen-bond acceptors (Lipinski definition) is 5. The lowest BCUT2D eigenvalue weighted by molar-refractivity contribution is -0.123. The Labute approximate surface area is 139 Å². The Morgan fingerprint density at radius 1 is 0.913 bits per heavy atom. The minimum atomic E-state index is 0.0218. The summed E-state index contributed by atoms with van der Waals surface area (Å²) in [6.45, 7) is 6.89. The van der Waals surface area contributed by atoms with Gasteiger partial charge in [-0.15, -0.1) is 0 Å². The van der Waals surface area contributed by atoms with Crippen molar-refractivity contribution in [2.75, 3.05) is 39.6 Å². The number of amides is 1. The van der Waals surface area contributed by atoms with Crippen molar-refractivity contribution in [1.82, 2.24) is 5.32 Å². The topological polar surface area (TPSA) is 73.9 Å². The third kappa shape index (κ3) is 9.69. The molecule has 0 saturated heterocycles. The number of hydrogen-bond donors (Lipinski definition) is 1. The Hall–Kier alpha value is -0.980. The van der Waals surface area contributed by atoms with Crippen molar-refractivity contribution >= 4 is 11.7 Å². The van der Waals surface area contributed by atoms with Crippen LogP contribution in [0.3, 0.4) is 0 Å². The first-order valence-electron chi connectivity index (χ1n) is 8.66. The predicted octanol–water partition coefficient (Wildman–Crippen LogP) is 1.71. The van der Waals surface area contributed by atoms with E-state index >= 15 is 0 Å². The molecular formula is C17H31NO5. The molecule has 6 nitrogen and oxygen atoms in total. The SMILES string of the molecule is CCOCCOCCOCCC(=O)NC1CCC(C(C)=O)CC1. The average molecular weight is 329 g/mol. The maximum atomic E-state index is 11.8. The van der Waals surface area contributed by atoms with E-state index in [-0.39, 0.29) is 23.7 Å². The van der Waals surface area contributed by atoms with Gasteiger partial charge in [-0.3, -0.25) is 9.59 Å². The van der Waals surface area contributed by atoms with E-state index in [2.05, 4.69) is 5.32 Å². The molecule has 0 aromatic carbocycles. The number of Topliss-reactive ketones (excluding diaryl/α,β-unsaturated/α-hetero) is 1. The van der Waals surface area contributed by atoms with Gasteiger partial charge in [-0.25, -0.2) is 0 Å². The van der Waals surface area contributed by atoms with Gasteiger partial charge in [0.1, 0.15) is 5.78 Å². The van der Waals surface area contributed by atoms with Gasteiger partial charge in [-0.05, 0) is 39.5 Å². The van der Waals surface area contributed by atoms with Crippen molar-refractivity contribution in [1.29, 1.82) is 0 Å². The Balaban J connectivity index is 1.94. The number of ether oxygens (including phenoxy) is 3. The van der Waals surface area contributed by atoms with E-state index in [1.807, 2.05) is 6.92 Å². The fourth-order valence-corrected chi connectivity index (χ4v) is 2.69. The summed E-state index contributed by atoms with van der Waals surface area (Å²) >= 11 is 0. The van der Waals surface area contributed by atoms with Crippen LogP contribution in [0, 0.1) is 5.92 Å². The van der Waals surface area contributed by atoms with E-state index in [0.717, 1.165) is 25.7 Å². The molecule has 23 heavy (non-hydrogen) atoms. The van der Waals surface area contributed by atoms with Crippen LogP contribution in [-0.4, -0.2) is 57.4 Å². The minimum Gasteiger partial charge on any atom is -0.379 e. The molecule has 1 fully saturated rings. The van der Waals surface area contributed by atoms with E-state index in [4.69, 9.17) is 14.2 Å². The molecule has 0 bridgehead atoms. The smallest absolute Gasteiger partial charge is 0.222 e. The van der Waals surface area contributed by atoms with Crippen molar-refractivity contribution < 1.29 is 23.8 Å². The molecule has 0 heterocycles. The van der Waals surface area contributed by atoms with Crippen LogP contribution in [0.2, 0.25) is 0 Å². The van der Waals surface area contributed by atoms with Crippen LogP contribution in [0.15, 0.2) is 0 Å². The molecular weight excluding hydrogens is 298 g/mol. The summed E-state index contributed by atoms with van der Waals surface area (Å²) < 4.78 is 15.8. The summed E-state index contributed by atoms with van der Waals surface area (Å²) in [6, 6.07) is 0.208. The van der Waals surface area contributed by atoms with Gasteiger partial charge in [0.05, 0.1) is 33.0 Å². The molecule has 1 N–H and O–H groups in total. The van der Waals surface area contributed by atoms with Crippen LogP contribution in [0.4, 0.5) is 0 Å². The zero-order chi connectivity index (χ0) is 16.9. The third-order valence-corrected chi connectivity index (χ3v) is 4.09. The van der Waals surface area contributed by atoms with E-state index in [0.29, 0.717) is 46.1 Å². The summed E-state index contributed by atoms with van der Waals surface area (Å²) in [5, 5.41) is 3.03. The average Bonchev–Trinajstić information content (AvgIpc) is 2.54. The maximum absolute atomic E-state index is 11.8. The normalized spacial score (nSPS) is 21.1. The summed E-state index contributed by atoms with van der Waals surface area (Å²) in [7, 11) is 0. The lowest BCUT2D eigenvalue weighted by Crippen LogP contribution is -2.38. The number of rotatable bonds is 12. The summed E-state index contributed by atoms with van der Waals surface area (Å²) in [5.41, 5.74) is 0. The van der Waals surface area contributed by atoms with E-state index in [1.165, 1.54) is 0 Å². The largest absolute Gasteiger partial charge is 0.379 e. The molecule has 1 aliphatic rings. The number of carbonyl (C=O) groups excluding carboxylic acids is 2. The lowest BCUT2D eigenvalue weighted by Gasteiger charge is -2.27. The molecule has 134 valence electrons. The van der Waals surface area contributed by atoms with Crippen LogP contribution in [0.5, 0.6) is 0 Å². The molecule has 0 atom stereocenters. The van der Waals surface area contributed by atoms with Gasteiger partial charge in [0.25, 0.3) is 0 Å². The second-order valence-electron chi connectivity index (χ2n) is 5.90. The van der Waals surface area contributed by atoms with E-state index in [1.54, 1.807) is 6.92 Å². The lowest BCUT2D eigenvalue weighted by atomic mass is 9.84. The monoisotopic (exact) mass is 329 g/mol.